The Hall–Kier alpha value is -1.56. The summed E-state index contributed by atoms with van der Waals surface area (Å²) in [5.41, 5.74) is 0. The minimum atomic E-state index is -1.26. The third-order valence-electron chi connectivity index (χ3n) is 2.55. The van der Waals surface area contributed by atoms with E-state index in [2.05, 4.69) is 0 Å². The lowest BCUT2D eigenvalue weighted by molar-refractivity contribution is -0.134. The number of aliphatic hydroxyl groups excluding tert-OH is 2. The number of aliphatic carboxylic acids is 2. The van der Waals surface area contributed by atoms with Gasteiger partial charge in [-0.2, -0.15) is 0 Å². The van der Waals surface area contributed by atoms with Crippen LogP contribution in [-0.4, -0.2) is 97.4 Å². The summed E-state index contributed by atoms with van der Waals surface area (Å²) in [7, 11) is 0. The Labute approximate surface area is 139 Å². The fourth-order valence-electron chi connectivity index (χ4n) is 1.43. The Kier molecular flexibility index (Phi) is 14.0. The molecule has 2 saturated heterocycles. The van der Waals surface area contributed by atoms with Crippen LogP contribution in [0, 0.1) is 0 Å². The van der Waals surface area contributed by atoms with Crippen molar-refractivity contribution in [3.63, 3.8) is 0 Å². The summed E-state index contributed by atoms with van der Waals surface area (Å²) < 4.78 is 20.1. The molecule has 0 amide bonds. The van der Waals surface area contributed by atoms with E-state index in [1.54, 1.807) is 0 Å². The van der Waals surface area contributed by atoms with Crippen molar-refractivity contribution >= 4 is 11.9 Å². The zero-order valence-electron chi connectivity index (χ0n) is 13.2. The molecule has 2 aliphatic rings. The SMILES string of the molecule is O=C(O)/C=C\C(=O)O.OCC1COCCO1.OCC1COCCO1. The van der Waals surface area contributed by atoms with Crippen molar-refractivity contribution in [3.05, 3.63) is 12.2 Å². The monoisotopic (exact) mass is 352 g/mol. The van der Waals surface area contributed by atoms with Crippen LogP contribution in [0.1, 0.15) is 0 Å². The molecule has 2 fully saturated rings. The predicted molar refractivity (Wildman–Crippen MR) is 79.7 cm³/mol. The molecule has 0 spiro atoms. The van der Waals surface area contributed by atoms with Crippen molar-refractivity contribution in [3.8, 4) is 0 Å². The molecule has 0 aromatic heterocycles. The average molecular weight is 352 g/mol. The van der Waals surface area contributed by atoms with E-state index < -0.39 is 11.9 Å². The molecule has 0 aromatic carbocycles. The highest BCUT2D eigenvalue weighted by atomic mass is 16.6. The summed E-state index contributed by atoms with van der Waals surface area (Å²) in [6, 6.07) is 0. The second kappa shape index (κ2) is 15.0. The number of carbonyl (C=O) groups is 2. The maximum absolute atomic E-state index is 9.55. The lowest BCUT2D eigenvalue weighted by atomic mass is 10.4. The first-order valence-corrected chi connectivity index (χ1v) is 7.24. The molecule has 10 nitrogen and oxygen atoms in total. The largest absolute Gasteiger partial charge is 0.478 e. The van der Waals surface area contributed by atoms with E-state index in [1.165, 1.54) is 0 Å². The Morgan fingerprint density at radius 2 is 1.17 bits per heavy atom. The lowest BCUT2D eigenvalue weighted by Gasteiger charge is -2.20. The van der Waals surface area contributed by atoms with Gasteiger partial charge < -0.3 is 39.4 Å². The van der Waals surface area contributed by atoms with E-state index in [0.717, 1.165) is 0 Å². The highest BCUT2D eigenvalue weighted by Gasteiger charge is 2.12. The van der Waals surface area contributed by atoms with Gasteiger partial charge >= 0.3 is 11.9 Å². The highest BCUT2D eigenvalue weighted by molar-refractivity contribution is 5.89. The van der Waals surface area contributed by atoms with E-state index in [9.17, 15) is 9.59 Å². The zero-order valence-corrected chi connectivity index (χ0v) is 13.2. The van der Waals surface area contributed by atoms with Crippen LogP contribution in [0.15, 0.2) is 12.2 Å². The molecular formula is C14H24O10. The fourth-order valence-corrected chi connectivity index (χ4v) is 1.43. The maximum Gasteiger partial charge on any atom is 0.328 e. The number of hydrogen-bond acceptors (Lipinski definition) is 8. The van der Waals surface area contributed by atoms with Gasteiger partial charge in [0, 0.05) is 12.2 Å². The molecular weight excluding hydrogens is 328 g/mol. The number of rotatable bonds is 4. The van der Waals surface area contributed by atoms with Crippen molar-refractivity contribution in [1.82, 2.24) is 0 Å². The molecule has 2 unspecified atom stereocenters. The Bertz CT molecular complexity index is 325. The molecule has 10 heteroatoms. The second-order valence-electron chi connectivity index (χ2n) is 4.51. The van der Waals surface area contributed by atoms with Gasteiger partial charge in [-0.25, -0.2) is 9.59 Å². The van der Waals surface area contributed by atoms with Gasteiger partial charge in [0.15, 0.2) is 0 Å². The Morgan fingerprint density at radius 3 is 1.33 bits per heavy atom. The van der Waals surface area contributed by atoms with Gasteiger partial charge in [0.05, 0.1) is 52.9 Å². The molecule has 0 saturated carbocycles. The summed E-state index contributed by atoms with van der Waals surface area (Å²) in [5.74, 6) is -2.51. The minimum Gasteiger partial charge on any atom is -0.478 e. The first-order valence-electron chi connectivity index (χ1n) is 7.24. The third kappa shape index (κ3) is 14.1. The number of hydrogen-bond donors (Lipinski definition) is 4. The third-order valence-corrected chi connectivity index (χ3v) is 2.55. The lowest BCUT2D eigenvalue weighted by Crippen LogP contribution is -2.31. The molecule has 2 aliphatic heterocycles. The molecule has 2 rings (SSSR count). The predicted octanol–water partition coefficient (Wildman–Crippen LogP) is -1.50. The van der Waals surface area contributed by atoms with E-state index in [0.29, 0.717) is 51.8 Å². The number of carboxylic acids is 2. The van der Waals surface area contributed by atoms with Crippen molar-refractivity contribution in [2.24, 2.45) is 0 Å². The quantitative estimate of drug-likeness (QED) is 0.440. The summed E-state index contributed by atoms with van der Waals surface area (Å²) in [5, 5.41) is 32.6. The minimum absolute atomic E-state index is 0.0694. The van der Waals surface area contributed by atoms with Gasteiger partial charge in [-0.3, -0.25) is 0 Å². The molecule has 2 heterocycles. The van der Waals surface area contributed by atoms with Gasteiger partial charge in [0.1, 0.15) is 12.2 Å². The number of carboxylic acid groups (broad SMARTS) is 2. The van der Waals surface area contributed by atoms with Gasteiger partial charge in [0.2, 0.25) is 0 Å². The van der Waals surface area contributed by atoms with Crippen LogP contribution in [0.2, 0.25) is 0 Å². The van der Waals surface area contributed by atoms with E-state index in [-0.39, 0.29) is 25.4 Å². The molecule has 4 N–H and O–H groups in total. The molecule has 0 aliphatic carbocycles. The smallest absolute Gasteiger partial charge is 0.328 e. The van der Waals surface area contributed by atoms with Crippen LogP contribution in [0.5, 0.6) is 0 Å². The fraction of sp³-hybridized carbons (Fsp3) is 0.714. The van der Waals surface area contributed by atoms with Crippen LogP contribution < -0.4 is 0 Å². The van der Waals surface area contributed by atoms with Crippen molar-refractivity contribution in [2.75, 3.05) is 52.9 Å². The summed E-state index contributed by atoms with van der Waals surface area (Å²) in [4.78, 5) is 19.1. The number of ether oxygens (including phenoxy) is 4. The van der Waals surface area contributed by atoms with Gasteiger partial charge in [-0.15, -0.1) is 0 Å². The van der Waals surface area contributed by atoms with Crippen LogP contribution >= 0.6 is 0 Å². The topological polar surface area (TPSA) is 152 Å². The van der Waals surface area contributed by atoms with Gasteiger partial charge in [-0.05, 0) is 0 Å². The zero-order chi connectivity index (χ0) is 18.2. The first kappa shape index (κ1) is 22.4. The summed E-state index contributed by atoms with van der Waals surface area (Å²) in [6.45, 7) is 3.77. The normalized spacial score (nSPS) is 23.4. The second-order valence-corrected chi connectivity index (χ2v) is 4.51. The van der Waals surface area contributed by atoms with Gasteiger partial charge in [-0.1, -0.05) is 0 Å². The Balaban J connectivity index is 0.000000331. The number of aliphatic hydroxyl groups is 2. The summed E-state index contributed by atoms with van der Waals surface area (Å²) >= 11 is 0. The van der Waals surface area contributed by atoms with Crippen LogP contribution in [0.3, 0.4) is 0 Å². The molecule has 0 aromatic rings. The van der Waals surface area contributed by atoms with E-state index in [1.807, 2.05) is 0 Å². The van der Waals surface area contributed by atoms with Gasteiger partial charge in [0.25, 0.3) is 0 Å². The standard InChI is InChI=1S/2C5H10O3.C4H4O4/c2*6-3-5-4-7-1-2-8-5;5-3(6)1-2-4(7)8/h2*5-6H,1-4H2;1-2H,(H,5,6)(H,7,8)/b;;2-1-. The van der Waals surface area contributed by atoms with E-state index >= 15 is 0 Å². The van der Waals surface area contributed by atoms with Crippen molar-refractivity contribution in [1.29, 1.82) is 0 Å². The molecule has 140 valence electrons. The van der Waals surface area contributed by atoms with Crippen molar-refractivity contribution < 1.29 is 49.0 Å². The van der Waals surface area contributed by atoms with Crippen LogP contribution in [0.4, 0.5) is 0 Å². The van der Waals surface area contributed by atoms with E-state index in [4.69, 9.17) is 39.4 Å². The van der Waals surface area contributed by atoms with Crippen LogP contribution in [0.25, 0.3) is 0 Å². The van der Waals surface area contributed by atoms with Crippen LogP contribution in [-0.2, 0) is 28.5 Å². The van der Waals surface area contributed by atoms with Crippen molar-refractivity contribution in [2.45, 2.75) is 12.2 Å². The maximum atomic E-state index is 9.55. The molecule has 24 heavy (non-hydrogen) atoms. The molecule has 0 bridgehead atoms. The first-order chi connectivity index (χ1) is 11.5. The highest BCUT2D eigenvalue weighted by Crippen LogP contribution is 1.98. The average Bonchev–Trinajstić information content (AvgIpc) is 2.62. The summed E-state index contributed by atoms with van der Waals surface area (Å²) in [6.07, 6.45) is 0.956. The molecule has 0 radical (unpaired) electrons. The Morgan fingerprint density at radius 1 is 0.792 bits per heavy atom. The molecule has 2 atom stereocenters.